The lowest BCUT2D eigenvalue weighted by Crippen LogP contribution is -1.85. The highest BCUT2D eigenvalue weighted by Gasteiger charge is 2.07. The maximum Gasteiger partial charge on any atom is 0.142 e. The number of rotatable bonds is 1. The molecule has 0 aliphatic carbocycles. The van der Waals surface area contributed by atoms with Gasteiger partial charge in [-0.2, -0.15) is 0 Å². The minimum Gasteiger partial charge on any atom is -0.205 e. The Morgan fingerprint density at radius 1 is 1.36 bits per heavy atom. The molecule has 1 radical (unpaired) electrons. The summed E-state index contributed by atoms with van der Waals surface area (Å²) >= 11 is 11.3. The summed E-state index contributed by atoms with van der Waals surface area (Å²) < 4.78 is 12.7. The van der Waals surface area contributed by atoms with Crippen molar-refractivity contribution in [3.8, 4) is 0 Å². The molecule has 0 N–H and O–H groups in total. The van der Waals surface area contributed by atoms with E-state index < -0.39 is 5.82 Å². The topological polar surface area (TPSA) is 0 Å². The van der Waals surface area contributed by atoms with E-state index in [0.717, 1.165) is 0 Å². The van der Waals surface area contributed by atoms with E-state index in [2.05, 4.69) is 0 Å². The van der Waals surface area contributed by atoms with Gasteiger partial charge in [0.2, 0.25) is 0 Å². The smallest absolute Gasteiger partial charge is 0.142 e. The van der Waals surface area contributed by atoms with Crippen LogP contribution in [0.4, 0.5) is 4.39 Å². The van der Waals surface area contributed by atoms with Gasteiger partial charge in [-0.15, -0.1) is 0 Å². The number of hydrogen-bond donors (Lipinski definition) is 0. The van der Waals surface area contributed by atoms with Crippen molar-refractivity contribution in [2.75, 3.05) is 0 Å². The van der Waals surface area contributed by atoms with Gasteiger partial charge in [-0.1, -0.05) is 30.1 Å². The van der Waals surface area contributed by atoms with Crippen molar-refractivity contribution in [2.45, 2.75) is 6.92 Å². The van der Waals surface area contributed by atoms with E-state index in [1.165, 1.54) is 12.1 Å². The molecule has 59 valence electrons. The van der Waals surface area contributed by atoms with E-state index in [-0.39, 0.29) is 5.02 Å². The van der Waals surface area contributed by atoms with Crippen molar-refractivity contribution < 1.29 is 4.39 Å². The normalized spacial score (nSPS) is 10.2. The van der Waals surface area contributed by atoms with E-state index in [0.29, 0.717) is 10.6 Å². The van der Waals surface area contributed by atoms with E-state index in [4.69, 9.17) is 23.2 Å². The molecule has 0 nitrogen and oxygen atoms in total. The van der Waals surface area contributed by atoms with Crippen molar-refractivity contribution in [1.29, 1.82) is 0 Å². The van der Waals surface area contributed by atoms with Crippen LogP contribution in [0, 0.1) is 12.2 Å². The molecule has 3 heteroatoms. The molecule has 0 aliphatic rings. The molecule has 1 aromatic rings. The van der Waals surface area contributed by atoms with E-state index in [1.807, 2.05) is 0 Å². The molecule has 0 fully saturated rings. The summed E-state index contributed by atoms with van der Waals surface area (Å²) in [5.41, 5.74) is 0.549. The first-order valence-electron chi connectivity index (χ1n) is 3.09. The Labute approximate surface area is 74.9 Å². The average molecular weight is 192 g/mol. The molecule has 0 saturated carbocycles. The lowest BCUT2D eigenvalue weighted by atomic mass is 10.2. The van der Waals surface area contributed by atoms with Gasteiger partial charge in [0, 0.05) is 5.02 Å². The Kier molecular flexibility index (Phi) is 2.74. The zero-order valence-corrected chi connectivity index (χ0v) is 7.38. The minimum absolute atomic E-state index is 0.0833. The molecular formula is C8H6Cl2F. The number of benzene rings is 1. The van der Waals surface area contributed by atoms with Crippen molar-refractivity contribution in [3.05, 3.63) is 40.0 Å². The predicted molar refractivity (Wildman–Crippen MR) is 45.5 cm³/mol. The van der Waals surface area contributed by atoms with Gasteiger partial charge in [0.1, 0.15) is 5.82 Å². The summed E-state index contributed by atoms with van der Waals surface area (Å²) in [6.45, 7) is 1.76. The maximum absolute atomic E-state index is 12.7. The van der Waals surface area contributed by atoms with Crippen LogP contribution in [0.1, 0.15) is 12.5 Å². The Bertz CT molecular complexity index is 271. The Hall–Kier alpha value is -0.270. The first-order chi connectivity index (χ1) is 5.16. The molecule has 1 rings (SSSR count). The van der Waals surface area contributed by atoms with Gasteiger partial charge in [0.15, 0.2) is 0 Å². The second-order valence-corrected chi connectivity index (χ2v) is 2.83. The Balaban J connectivity index is 3.29. The van der Waals surface area contributed by atoms with E-state index in [9.17, 15) is 4.39 Å². The van der Waals surface area contributed by atoms with Gasteiger partial charge < -0.3 is 0 Å². The van der Waals surface area contributed by atoms with Crippen LogP contribution in [0.5, 0.6) is 0 Å². The van der Waals surface area contributed by atoms with Gasteiger partial charge in [0.25, 0.3) is 0 Å². The third-order valence-corrected chi connectivity index (χ3v) is 2.08. The summed E-state index contributed by atoms with van der Waals surface area (Å²) in [5.74, 6) is -0.441. The monoisotopic (exact) mass is 191 g/mol. The molecule has 0 bridgehead atoms. The van der Waals surface area contributed by atoms with Gasteiger partial charge in [-0.25, -0.2) is 4.39 Å². The molecule has 1 aromatic carbocycles. The van der Waals surface area contributed by atoms with E-state index in [1.54, 1.807) is 13.3 Å². The quantitative estimate of drug-likeness (QED) is 0.595. The second-order valence-electron chi connectivity index (χ2n) is 2.05. The maximum atomic E-state index is 12.7. The van der Waals surface area contributed by atoms with Crippen LogP contribution in [0.2, 0.25) is 10.0 Å². The van der Waals surface area contributed by atoms with Gasteiger partial charge in [-0.3, -0.25) is 0 Å². The zero-order chi connectivity index (χ0) is 8.43. The second kappa shape index (κ2) is 3.42. The van der Waals surface area contributed by atoms with Crippen LogP contribution in [-0.2, 0) is 0 Å². The molecular weight excluding hydrogens is 186 g/mol. The molecule has 0 spiro atoms. The first-order valence-corrected chi connectivity index (χ1v) is 3.85. The summed E-state index contributed by atoms with van der Waals surface area (Å²) in [6, 6.07) is 2.73. The Morgan fingerprint density at radius 3 is 2.45 bits per heavy atom. The van der Waals surface area contributed by atoms with Crippen molar-refractivity contribution in [3.63, 3.8) is 0 Å². The first kappa shape index (κ1) is 8.82. The summed E-state index contributed by atoms with van der Waals surface area (Å²) in [6.07, 6.45) is 1.67. The van der Waals surface area contributed by atoms with E-state index >= 15 is 0 Å². The molecule has 0 aromatic heterocycles. The zero-order valence-electron chi connectivity index (χ0n) is 5.87. The van der Waals surface area contributed by atoms with Crippen molar-refractivity contribution in [2.24, 2.45) is 0 Å². The highest BCUT2D eigenvalue weighted by Crippen LogP contribution is 2.27. The SMILES string of the molecule is C[CH]c1c(Cl)ccc(F)c1Cl. The fourth-order valence-corrected chi connectivity index (χ4v) is 1.40. The van der Waals surface area contributed by atoms with Crippen LogP contribution in [-0.4, -0.2) is 0 Å². The van der Waals surface area contributed by atoms with Gasteiger partial charge in [-0.05, 0) is 24.1 Å². The van der Waals surface area contributed by atoms with Crippen molar-refractivity contribution in [1.82, 2.24) is 0 Å². The van der Waals surface area contributed by atoms with Crippen LogP contribution in [0.3, 0.4) is 0 Å². The van der Waals surface area contributed by atoms with Crippen LogP contribution >= 0.6 is 23.2 Å². The third-order valence-electron chi connectivity index (χ3n) is 1.37. The molecule has 11 heavy (non-hydrogen) atoms. The Morgan fingerprint density at radius 2 is 2.00 bits per heavy atom. The van der Waals surface area contributed by atoms with Crippen LogP contribution < -0.4 is 0 Å². The largest absolute Gasteiger partial charge is 0.205 e. The van der Waals surface area contributed by atoms with Gasteiger partial charge >= 0.3 is 0 Å². The highest BCUT2D eigenvalue weighted by atomic mass is 35.5. The fraction of sp³-hybridized carbons (Fsp3) is 0.125. The fourth-order valence-electron chi connectivity index (χ4n) is 0.807. The molecule has 0 heterocycles. The van der Waals surface area contributed by atoms with Crippen LogP contribution in [0.25, 0.3) is 0 Å². The standard InChI is InChI=1S/C8H6Cl2F/c1-2-5-6(9)3-4-7(11)8(5)10/h2-4H,1H3. The summed E-state index contributed by atoms with van der Waals surface area (Å²) in [4.78, 5) is 0. The van der Waals surface area contributed by atoms with Crippen molar-refractivity contribution >= 4 is 23.2 Å². The highest BCUT2D eigenvalue weighted by molar-refractivity contribution is 6.36. The molecule has 0 amide bonds. The minimum atomic E-state index is -0.441. The molecule has 0 unspecified atom stereocenters. The molecule has 0 aliphatic heterocycles. The number of hydrogen-bond acceptors (Lipinski definition) is 0. The summed E-state index contributed by atoms with van der Waals surface area (Å²) in [7, 11) is 0. The predicted octanol–water partition coefficient (Wildman–Crippen LogP) is 3.70. The number of halogens is 3. The third kappa shape index (κ3) is 1.66. The summed E-state index contributed by atoms with van der Waals surface area (Å²) in [5, 5.41) is 0.555. The average Bonchev–Trinajstić information content (AvgIpc) is 1.99. The molecule has 0 saturated heterocycles. The lowest BCUT2D eigenvalue weighted by Gasteiger charge is -2.03. The van der Waals surface area contributed by atoms with Crippen LogP contribution in [0.15, 0.2) is 12.1 Å². The molecule has 0 atom stereocenters. The van der Waals surface area contributed by atoms with Gasteiger partial charge in [0.05, 0.1) is 5.02 Å². The lowest BCUT2D eigenvalue weighted by molar-refractivity contribution is 0.627.